The van der Waals surface area contributed by atoms with Crippen LogP contribution in [0, 0.1) is 0 Å². The largest absolute Gasteiger partial charge is 0.480 e. The first-order chi connectivity index (χ1) is 15.6. The van der Waals surface area contributed by atoms with E-state index in [4.69, 9.17) is 16.4 Å². The molecule has 4 atom stereocenters. The SMILES string of the molecule is C[C@@H](C(=O)N1CCCCC1)[N+]12CC[C@H](N(CC(=O)O)S(=O)(=O)C=Cc3ccc(Cl)cc3)C1O2. The number of benzene rings is 1. The number of rotatable bonds is 8. The number of quaternary nitrogens is 1. The second-order valence-corrected chi connectivity index (χ2v) is 11.0. The van der Waals surface area contributed by atoms with Gasteiger partial charge in [0.25, 0.3) is 12.1 Å². The number of hydrogen-bond acceptors (Lipinski definition) is 5. The van der Waals surface area contributed by atoms with Gasteiger partial charge in [0.15, 0.2) is 6.04 Å². The predicted molar refractivity (Wildman–Crippen MR) is 122 cm³/mol. The van der Waals surface area contributed by atoms with E-state index in [1.54, 1.807) is 24.3 Å². The predicted octanol–water partition coefficient (Wildman–Crippen LogP) is 2.29. The minimum Gasteiger partial charge on any atom is -0.480 e. The number of hydroxylamine groups is 3. The highest BCUT2D eigenvalue weighted by molar-refractivity contribution is 7.92. The quantitative estimate of drug-likeness (QED) is 0.435. The van der Waals surface area contributed by atoms with Crippen molar-refractivity contribution in [3.8, 4) is 0 Å². The van der Waals surface area contributed by atoms with Crippen LogP contribution >= 0.6 is 11.6 Å². The van der Waals surface area contributed by atoms with Crippen molar-refractivity contribution in [1.82, 2.24) is 9.21 Å². The van der Waals surface area contributed by atoms with Gasteiger partial charge in [-0.05, 0) is 43.0 Å². The number of carboxylic acid groups (broad SMARTS) is 1. The van der Waals surface area contributed by atoms with Crippen molar-refractivity contribution in [2.45, 2.75) is 50.9 Å². The van der Waals surface area contributed by atoms with E-state index < -0.39 is 40.8 Å². The molecule has 11 heteroatoms. The van der Waals surface area contributed by atoms with E-state index in [2.05, 4.69) is 0 Å². The van der Waals surface area contributed by atoms with Gasteiger partial charge in [0.1, 0.15) is 19.1 Å². The lowest BCUT2D eigenvalue weighted by molar-refractivity contribution is -0.928. The Labute approximate surface area is 198 Å². The maximum atomic E-state index is 13.1. The number of fused-ring (bicyclic) bond motifs is 1. The molecule has 180 valence electrons. The maximum absolute atomic E-state index is 13.1. The van der Waals surface area contributed by atoms with Gasteiger partial charge in [-0.2, -0.15) is 4.31 Å². The number of halogens is 1. The zero-order valence-corrected chi connectivity index (χ0v) is 20.0. The molecule has 0 aliphatic carbocycles. The molecule has 3 saturated heterocycles. The minimum absolute atomic E-state index is 0.00752. The fourth-order valence-electron chi connectivity index (χ4n) is 4.89. The Morgan fingerprint density at radius 1 is 1.27 bits per heavy atom. The van der Waals surface area contributed by atoms with Crippen LogP contribution in [0.25, 0.3) is 6.08 Å². The summed E-state index contributed by atoms with van der Waals surface area (Å²) in [4.78, 5) is 32.3. The fraction of sp³-hybridized carbons (Fsp3) is 0.545. The van der Waals surface area contributed by atoms with E-state index in [-0.39, 0.29) is 10.6 Å². The topological polar surface area (TPSA) is 108 Å². The van der Waals surface area contributed by atoms with E-state index in [0.717, 1.165) is 42.1 Å². The summed E-state index contributed by atoms with van der Waals surface area (Å²) in [6.07, 6.45) is 4.36. The molecule has 9 nitrogen and oxygen atoms in total. The van der Waals surface area contributed by atoms with Gasteiger partial charge < -0.3 is 10.0 Å². The third-order valence-electron chi connectivity index (χ3n) is 6.76. The Hall–Kier alpha value is -1.98. The van der Waals surface area contributed by atoms with Crippen molar-refractivity contribution in [2.24, 2.45) is 0 Å². The molecule has 1 N–H and O–H groups in total. The molecule has 0 saturated carbocycles. The number of nitrogens with zero attached hydrogens (tertiary/aromatic N) is 3. The van der Waals surface area contributed by atoms with E-state index >= 15 is 0 Å². The first-order valence-corrected chi connectivity index (χ1v) is 13.0. The van der Waals surface area contributed by atoms with E-state index in [1.165, 1.54) is 6.08 Å². The highest BCUT2D eigenvalue weighted by Crippen LogP contribution is 2.48. The highest BCUT2D eigenvalue weighted by atomic mass is 35.5. The number of carbonyl (C=O) groups excluding carboxylic acids is 1. The molecule has 3 fully saturated rings. The summed E-state index contributed by atoms with van der Waals surface area (Å²) in [5.74, 6) is -1.24. The van der Waals surface area contributed by atoms with Gasteiger partial charge in [0, 0.05) is 36.9 Å². The summed E-state index contributed by atoms with van der Waals surface area (Å²) >= 11 is 5.87. The van der Waals surface area contributed by atoms with Crippen molar-refractivity contribution in [3.05, 3.63) is 40.3 Å². The average molecular weight is 499 g/mol. The van der Waals surface area contributed by atoms with Gasteiger partial charge in [-0.15, -0.1) is 9.48 Å². The molecule has 2 unspecified atom stereocenters. The van der Waals surface area contributed by atoms with Crippen LogP contribution in [0.2, 0.25) is 5.02 Å². The number of hydrogen-bond donors (Lipinski definition) is 1. The molecule has 4 rings (SSSR count). The summed E-state index contributed by atoms with van der Waals surface area (Å²) in [5, 5.41) is 10.9. The summed E-state index contributed by atoms with van der Waals surface area (Å²) < 4.78 is 27.3. The minimum atomic E-state index is -4.05. The van der Waals surface area contributed by atoms with Gasteiger partial charge in [-0.1, -0.05) is 23.7 Å². The molecule has 1 aromatic rings. The number of likely N-dealkylation sites (tertiary alicyclic amines) is 1. The van der Waals surface area contributed by atoms with Crippen LogP contribution in [0.5, 0.6) is 0 Å². The molecule has 1 aromatic carbocycles. The van der Waals surface area contributed by atoms with Gasteiger partial charge in [0.2, 0.25) is 10.0 Å². The molecule has 3 aliphatic heterocycles. The summed E-state index contributed by atoms with van der Waals surface area (Å²) in [6, 6.07) is 5.51. The number of carboxylic acids is 1. The Morgan fingerprint density at radius 2 is 1.94 bits per heavy atom. The first kappa shape index (κ1) is 24.2. The molecule has 0 aromatic heterocycles. The number of aliphatic carboxylic acids is 1. The van der Waals surface area contributed by atoms with Gasteiger partial charge in [-0.3, -0.25) is 9.59 Å². The van der Waals surface area contributed by atoms with Crippen LogP contribution in [-0.4, -0.2) is 83.7 Å². The van der Waals surface area contributed by atoms with Crippen LogP contribution in [0.4, 0.5) is 0 Å². The van der Waals surface area contributed by atoms with Crippen LogP contribution < -0.4 is 0 Å². The van der Waals surface area contributed by atoms with Crippen molar-refractivity contribution >= 4 is 39.6 Å². The second-order valence-electron chi connectivity index (χ2n) is 8.83. The number of carbonyl (C=O) groups is 2. The Kier molecular flexibility index (Phi) is 6.84. The molecule has 0 radical (unpaired) electrons. The van der Waals surface area contributed by atoms with E-state index in [0.29, 0.717) is 23.6 Å². The number of sulfonamides is 1. The molecule has 33 heavy (non-hydrogen) atoms. The summed E-state index contributed by atoms with van der Waals surface area (Å²) in [6.45, 7) is 3.06. The third-order valence-corrected chi connectivity index (χ3v) is 8.55. The highest BCUT2D eigenvalue weighted by Gasteiger charge is 2.74. The molecule has 3 aliphatic rings. The lowest BCUT2D eigenvalue weighted by Gasteiger charge is -2.29. The molecule has 3 heterocycles. The van der Waals surface area contributed by atoms with Gasteiger partial charge >= 0.3 is 5.97 Å². The van der Waals surface area contributed by atoms with Crippen LogP contribution in [0.15, 0.2) is 29.7 Å². The fourth-order valence-corrected chi connectivity index (χ4v) is 6.38. The van der Waals surface area contributed by atoms with E-state index in [9.17, 15) is 23.1 Å². The Bertz CT molecular complexity index is 1040. The molecular formula is C22H29ClN3O6S+. The van der Waals surface area contributed by atoms with Crippen LogP contribution in [0.1, 0.15) is 38.2 Å². The average Bonchev–Trinajstić information content (AvgIpc) is 3.42. The molecule has 1 amide bonds. The molecular weight excluding hydrogens is 470 g/mol. The normalized spacial score (nSPS) is 28.2. The zero-order valence-electron chi connectivity index (χ0n) is 18.5. The van der Waals surface area contributed by atoms with E-state index in [1.807, 2.05) is 11.8 Å². The van der Waals surface area contributed by atoms with Crippen LogP contribution in [0.3, 0.4) is 0 Å². The van der Waals surface area contributed by atoms with Crippen LogP contribution in [-0.2, 0) is 24.4 Å². The standard InChI is InChI=1S/C22H28ClN3O6S/c1-16(21(29)24-11-3-2-4-12-24)26-13-9-19(22(26)32-26)25(15-20(27)28)33(30,31)14-10-17-5-7-18(23)8-6-17/h5-8,10,14,16,19,22H,2-4,9,11-13,15H2,1H3/p+1/t16-,19-,22?,26?/m0/s1. The van der Waals surface area contributed by atoms with Crippen molar-refractivity contribution in [1.29, 1.82) is 0 Å². The number of piperidine rings is 1. The Morgan fingerprint density at radius 3 is 2.55 bits per heavy atom. The smallest absolute Gasteiger partial charge is 0.318 e. The second kappa shape index (κ2) is 9.34. The van der Waals surface area contributed by atoms with Gasteiger partial charge in [-0.25, -0.2) is 8.42 Å². The third kappa shape index (κ3) is 4.95. The Balaban J connectivity index is 1.51. The maximum Gasteiger partial charge on any atom is 0.318 e. The summed E-state index contributed by atoms with van der Waals surface area (Å²) in [5.41, 5.74) is 0.623. The van der Waals surface area contributed by atoms with Crippen molar-refractivity contribution in [3.63, 3.8) is 0 Å². The first-order valence-electron chi connectivity index (χ1n) is 11.2. The van der Waals surface area contributed by atoms with Gasteiger partial charge in [0.05, 0.1) is 0 Å². The van der Waals surface area contributed by atoms with Crippen molar-refractivity contribution < 1.29 is 32.6 Å². The monoisotopic (exact) mass is 498 g/mol. The lowest BCUT2D eigenvalue weighted by Crippen LogP contribution is -2.51. The number of amides is 1. The molecule has 0 bridgehead atoms. The summed E-state index contributed by atoms with van der Waals surface area (Å²) in [7, 11) is -4.05. The lowest BCUT2D eigenvalue weighted by atomic mass is 10.1. The zero-order chi connectivity index (χ0) is 23.8. The van der Waals surface area contributed by atoms with Crippen molar-refractivity contribution in [2.75, 3.05) is 26.2 Å². The molecule has 0 spiro atoms.